The lowest BCUT2D eigenvalue weighted by Crippen LogP contribution is -2.34. The minimum absolute atomic E-state index is 0.0102. The van der Waals surface area contributed by atoms with Gasteiger partial charge in [0, 0.05) is 29.5 Å². The van der Waals surface area contributed by atoms with Crippen LogP contribution in [-0.2, 0) is 6.42 Å². The summed E-state index contributed by atoms with van der Waals surface area (Å²) in [5, 5.41) is 10.4. The summed E-state index contributed by atoms with van der Waals surface area (Å²) in [6, 6.07) is 4.07. The van der Waals surface area contributed by atoms with E-state index in [0.29, 0.717) is 4.57 Å². The number of hydrogen-bond acceptors (Lipinski definition) is 7. The van der Waals surface area contributed by atoms with Crippen molar-refractivity contribution in [2.24, 2.45) is 0 Å². The molecule has 0 unspecified atom stereocenters. The molecule has 2 heterocycles. The summed E-state index contributed by atoms with van der Waals surface area (Å²) in [6.45, 7) is -0.227. The highest BCUT2D eigenvalue weighted by Crippen LogP contribution is 2.32. The third kappa shape index (κ3) is 4.28. The molecule has 0 atom stereocenters. The number of aromatic carboxylic acids is 1. The molecule has 0 amide bonds. The van der Waals surface area contributed by atoms with Gasteiger partial charge in [0.2, 0.25) is 0 Å². The largest absolute Gasteiger partial charge is 0.496 e. The number of halogens is 3. The lowest BCUT2D eigenvalue weighted by atomic mass is 10.1. The van der Waals surface area contributed by atoms with E-state index in [1.165, 1.54) is 25.7 Å². The molecule has 13 heteroatoms. The van der Waals surface area contributed by atoms with Gasteiger partial charge in [-0.15, -0.1) is 11.3 Å². The van der Waals surface area contributed by atoms with E-state index in [2.05, 4.69) is 4.98 Å². The molecule has 0 aliphatic rings. The van der Waals surface area contributed by atoms with Crippen molar-refractivity contribution in [3.05, 3.63) is 78.4 Å². The predicted octanol–water partition coefficient (Wildman–Crippen LogP) is 3.49. The Kier molecular flexibility index (Phi) is 6.75. The van der Waals surface area contributed by atoms with Gasteiger partial charge in [-0.25, -0.2) is 27.3 Å². The number of carboxylic acid groups (broad SMARTS) is 1. The number of carbonyl (C=O) groups is 1. The Labute approximate surface area is 203 Å². The fraction of sp³-hybridized carbons (Fsp3) is 0.174. The molecule has 2 N–H and O–H groups in total. The zero-order chi connectivity index (χ0) is 26.1. The Bertz CT molecular complexity index is 1610. The van der Waals surface area contributed by atoms with Crippen molar-refractivity contribution >= 4 is 28.2 Å². The molecule has 4 aromatic rings. The fourth-order valence-electron chi connectivity index (χ4n) is 3.64. The second-order valence-corrected chi connectivity index (χ2v) is 8.20. The SMILES string of the molecule is COc1cc(-n2c(=O)[nH]c3csc(C(=O)O)c3c2=O)c(F)cc1OCCc1c(OC)ccc(F)c1F. The summed E-state index contributed by atoms with van der Waals surface area (Å²) in [4.78, 5) is 39.1. The molecule has 2 aromatic carbocycles. The van der Waals surface area contributed by atoms with Gasteiger partial charge in [-0.1, -0.05) is 0 Å². The molecule has 4 rings (SSSR count). The van der Waals surface area contributed by atoms with Gasteiger partial charge in [-0.05, 0) is 12.1 Å². The lowest BCUT2D eigenvalue weighted by molar-refractivity contribution is 0.0704. The van der Waals surface area contributed by atoms with Crippen LogP contribution in [0.4, 0.5) is 13.2 Å². The smallest absolute Gasteiger partial charge is 0.346 e. The van der Waals surface area contributed by atoms with E-state index >= 15 is 4.39 Å². The van der Waals surface area contributed by atoms with E-state index in [9.17, 15) is 28.3 Å². The quantitative estimate of drug-likeness (QED) is 0.364. The second kappa shape index (κ2) is 9.77. The molecule has 0 radical (unpaired) electrons. The highest BCUT2D eigenvalue weighted by Gasteiger charge is 2.22. The summed E-state index contributed by atoms with van der Waals surface area (Å²) in [6.07, 6.45) is -0.134. The molecule has 0 saturated carbocycles. The van der Waals surface area contributed by atoms with Gasteiger partial charge in [0.25, 0.3) is 5.56 Å². The normalized spacial score (nSPS) is 11.0. The van der Waals surface area contributed by atoms with Gasteiger partial charge in [0.05, 0.1) is 37.4 Å². The number of aromatic nitrogens is 2. The molecule has 0 fully saturated rings. The van der Waals surface area contributed by atoms with Gasteiger partial charge < -0.3 is 24.3 Å². The summed E-state index contributed by atoms with van der Waals surface area (Å²) in [5.41, 5.74) is -2.60. The van der Waals surface area contributed by atoms with Gasteiger partial charge >= 0.3 is 11.7 Å². The molecule has 0 saturated heterocycles. The number of thiophene rings is 1. The molecule has 36 heavy (non-hydrogen) atoms. The van der Waals surface area contributed by atoms with Crippen LogP contribution >= 0.6 is 11.3 Å². The van der Waals surface area contributed by atoms with Crippen molar-refractivity contribution in [1.82, 2.24) is 9.55 Å². The first-order valence-electron chi connectivity index (χ1n) is 10.2. The van der Waals surface area contributed by atoms with Crippen LogP contribution in [0.2, 0.25) is 0 Å². The Balaban J connectivity index is 1.71. The standard InChI is InChI=1S/C23H17F3N2O7S/c1-33-15-4-3-11(24)19(26)10(15)5-6-35-17-7-12(25)14(8-16(17)34-2)28-21(29)18-13(27-23(28)32)9-36-20(18)22(30)31/h3-4,7-9H,5-6H2,1-2H3,(H,27,32)(H,30,31). The first-order chi connectivity index (χ1) is 17.2. The first-order valence-corrected chi connectivity index (χ1v) is 11.1. The second-order valence-electron chi connectivity index (χ2n) is 7.32. The van der Waals surface area contributed by atoms with Crippen LogP contribution < -0.4 is 25.5 Å². The van der Waals surface area contributed by atoms with Crippen LogP contribution in [-0.4, -0.2) is 41.5 Å². The summed E-state index contributed by atoms with van der Waals surface area (Å²) >= 11 is 0.743. The number of ether oxygens (including phenoxy) is 3. The number of carboxylic acids is 1. The molecular formula is C23H17F3N2O7S. The Morgan fingerprint density at radius 3 is 2.44 bits per heavy atom. The highest BCUT2D eigenvalue weighted by atomic mass is 32.1. The van der Waals surface area contributed by atoms with Crippen LogP contribution in [0.3, 0.4) is 0 Å². The maximum Gasteiger partial charge on any atom is 0.346 e. The minimum Gasteiger partial charge on any atom is -0.496 e. The van der Waals surface area contributed by atoms with E-state index in [-0.39, 0.29) is 51.6 Å². The predicted molar refractivity (Wildman–Crippen MR) is 124 cm³/mol. The number of fused-ring (bicyclic) bond motifs is 1. The fourth-order valence-corrected chi connectivity index (χ4v) is 4.47. The van der Waals surface area contributed by atoms with E-state index in [1.54, 1.807) is 0 Å². The number of rotatable bonds is 8. The maximum absolute atomic E-state index is 15.1. The number of hydrogen-bond donors (Lipinski definition) is 2. The molecular weight excluding hydrogens is 505 g/mol. The Morgan fingerprint density at radius 2 is 1.78 bits per heavy atom. The van der Waals surface area contributed by atoms with Crippen molar-refractivity contribution in [3.63, 3.8) is 0 Å². The van der Waals surface area contributed by atoms with Crippen LogP contribution in [0.1, 0.15) is 15.2 Å². The monoisotopic (exact) mass is 522 g/mol. The molecule has 2 aromatic heterocycles. The van der Waals surface area contributed by atoms with Crippen molar-refractivity contribution in [2.75, 3.05) is 20.8 Å². The Hall–Kier alpha value is -4.26. The van der Waals surface area contributed by atoms with Crippen LogP contribution in [0.5, 0.6) is 17.2 Å². The van der Waals surface area contributed by atoms with Crippen molar-refractivity contribution in [2.45, 2.75) is 6.42 Å². The molecule has 188 valence electrons. The van der Waals surface area contributed by atoms with Crippen LogP contribution in [0.25, 0.3) is 16.6 Å². The lowest BCUT2D eigenvalue weighted by Gasteiger charge is -2.15. The molecule has 0 bridgehead atoms. The van der Waals surface area contributed by atoms with E-state index in [0.717, 1.165) is 29.5 Å². The maximum atomic E-state index is 15.1. The average Bonchev–Trinajstić information content (AvgIpc) is 3.27. The first kappa shape index (κ1) is 24.9. The van der Waals surface area contributed by atoms with Gasteiger partial charge in [-0.2, -0.15) is 0 Å². The summed E-state index contributed by atoms with van der Waals surface area (Å²) < 4.78 is 59.1. The van der Waals surface area contributed by atoms with E-state index in [4.69, 9.17) is 14.2 Å². The van der Waals surface area contributed by atoms with Crippen LogP contribution in [0, 0.1) is 17.5 Å². The zero-order valence-electron chi connectivity index (χ0n) is 18.7. The van der Waals surface area contributed by atoms with Gasteiger partial charge in [0.1, 0.15) is 10.6 Å². The number of H-pyrrole nitrogens is 1. The summed E-state index contributed by atoms with van der Waals surface area (Å²) in [7, 11) is 2.53. The van der Waals surface area contributed by atoms with Crippen molar-refractivity contribution < 1.29 is 37.3 Å². The number of methoxy groups -OCH3 is 2. The molecule has 0 spiro atoms. The number of nitrogens with one attached hydrogen (secondary N) is 1. The van der Waals surface area contributed by atoms with E-state index in [1.807, 2.05) is 0 Å². The highest BCUT2D eigenvalue weighted by molar-refractivity contribution is 7.13. The minimum atomic E-state index is -1.38. The zero-order valence-corrected chi connectivity index (χ0v) is 19.5. The molecule has 0 aliphatic heterocycles. The molecule has 0 aliphatic carbocycles. The van der Waals surface area contributed by atoms with Crippen LogP contribution in [0.15, 0.2) is 39.2 Å². The third-order valence-corrected chi connectivity index (χ3v) is 6.27. The number of aromatic amines is 1. The van der Waals surface area contributed by atoms with Gasteiger partial charge in [-0.3, -0.25) is 4.79 Å². The average molecular weight is 522 g/mol. The van der Waals surface area contributed by atoms with Gasteiger partial charge in [0.15, 0.2) is 29.0 Å². The van der Waals surface area contributed by atoms with Crippen molar-refractivity contribution in [3.8, 4) is 22.9 Å². The van der Waals surface area contributed by atoms with E-state index < -0.39 is 40.4 Å². The number of benzene rings is 2. The number of nitrogens with zero attached hydrogens (tertiary/aromatic N) is 1. The summed E-state index contributed by atoms with van der Waals surface area (Å²) in [5.74, 6) is -4.71. The topological polar surface area (TPSA) is 120 Å². The third-order valence-electron chi connectivity index (χ3n) is 5.30. The molecule has 9 nitrogen and oxygen atoms in total. The Morgan fingerprint density at radius 1 is 1.06 bits per heavy atom. The van der Waals surface area contributed by atoms with Crippen molar-refractivity contribution in [1.29, 1.82) is 0 Å².